The van der Waals surface area contributed by atoms with Crippen LogP contribution in [0.1, 0.15) is 36.9 Å². The first-order chi connectivity index (χ1) is 13.7. The molecule has 1 atom stereocenters. The number of carbonyl (C=O) groups is 1. The average Bonchev–Trinajstić information content (AvgIpc) is 2.72. The van der Waals surface area contributed by atoms with Crippen LogP contribution < -0.4 is 10.9 Å². The van der Waals surface area contributed by atoms with Crippen LogP contribution in [0.3, 0.4) is 0 Å². The molecule has 1 heterocycles. The van der Waals surface area contributed by atoms with E-state index in [0.717, 1.165) is 30.3 Å². The Labute approximate surface area is 168 Å². The van der Waals surface area contributed by atoms with Gasteiger partial charge in [-0.1, -0.05) is 48.2 Å². The summed E-state index contributed by atoms with van der Waals surface area (Å²) in [7, 11) is 0. The summed E-state index contributed by atoms with van der Waals surface area (Å²) in [4.78, 5) is 29.8. The van der Waals surface area contributed by atoms with Crippen LogP contribution in [-0.2, 0) is 17.8 Å². The minimum Gasteiger partial charge on any atom is -0.349 e. The van der Waals surface area contributed by atoms with Crippen LogP contribution in [0.25, 0.3) is 11.0 Å². The number of rotatable bonds is 5. The minimum atomic E-state index is -0.137. The van der Waals surface area contributed by atoms with Gasteiger partial charge in [-0.25, -0.2) is 4.98 Å². The number of aromatic nitrogens is 2. The maximum Gasteiger partial charge on any atom is 0.283 e. The Morgan fingerprint density at radius 1 is 1.21 bits per heavy atom. The molecule has 0 aliphatic heterocycles. The number of hydrogen-bond donors (Lipinski definition) is 1. The van der Waals surface area contributed by atoms with Gasteiger partial charge in [-0.3, -0.25) is 9.59 Å². The van der Waals surface area contributed by atoms with Crippen molar-refractivity contribution in [2.75, 3.05) is 5.75 Å². The number of fused-ring (bicyclic) bond motifs is 2. The van der Waals surface area contributed by atoms with E-state index in [9.17, 15) is 9.59 Å². The summed E-state index contributed by atoms with van der Waals surface area (Å²) in [5.74, 6) is 0.118. The second kappa shape index (κ2) is 8.19. The molecular formula is C22H23N3O2S. The Morgan fingerprint density at radius 3 is 2.86 bits per heavy atom. The summed E-state index contributed by atoms with van der Waals surface area (Å²) in [5.41, 5.74) is 3.98. The first-order valence-electron chi connectivity index (χ1n) is 9.67. The number of aryl methyl sites for hydroxylation is 2. The van der Waals surface area contributed by atoms with Crippen LogP contribution in [0.5, 0.6) is 0 Å². The highest BCUT2D eigenvalue weighted by Gasteiger charge is 2.21. The van der Waals surface area contributed by atoms with E-state index in [4.69, 9.17) is 0 Å². The van der Waals surface area contributed by atoms with E-state index in [1.165, 1.54) is 22.9 Å². The van der Waals surface area contributed by atoms with Gasteiger partial charge in [0.05, 0.1) is 22.8 Å². The van der Waals surface area contributed by atoms with Gasteiger partial charge in [-0.05, 0) is 49.4 Å². The van der Waals surface area contributed by atoms with Crippen molar-refractivity contribution < 1.29 is 4.79 Å². The third-order valence-electron chi connectivity index (χ3n) is 5.18. The Balaban J connectivity index is 1.49. The Bertz CT molecular complexity index is 1080. The highest BCUT2D eigenvalue weighted by atomic mass is 32.2. The molecule has 1 aromatic heterocycles. The number of carbonyl (C=O) groups excluding carboxylic acids is 1. The lowest BCUT2D eigenvalue weighted by Crippen LogP contribution is -2.32. The Morgan fingerprint density at radius 2 is 2.00 bits per heavy atom. The Kier molecular flexibility index (Phi) is 5.48. The largest absolute Gasteiger partial charge is 0.349 e. The fourth-order valence-electron chi connectivity index (χ4n) is 3.85. The topological polar surface area (TPSA) is 64.0 Å². The molecule has 5 nitrogen and oxygen atoms in total. The number of para-hydroxylation sites is 2. The molecule has 1 amide bonds. The molecule has 28 heavy (non-hydrogen) atoms. The van der Waals surface area contributed by atoms with E-state index in [0.29, 0.717) is 11.6 Å². The van der Waals surface area contributed by atoms with Gasteiger partial charge in [-0.15, -0.1) is 0 Å². The van der Waals surface area contributed by atoms with Gasteiger partial charge in [-0.2, -0.15) is 0 Å². The average molecular weight is 394 g/mol. The maximum atomic E-state index is 12.7. The van der Waals surface area contributed by atoms with Gasteiger partial charge in [0, 0.05) is 6.54 Å². The molecule has 0 fully saturated rings. The van der Waals surface area contributed by atoms with E-state index in [-0.39, 0.29) is 23.3 Å². The monoisotopic (exact) mass is 393 g/mol. The summed E-state index contributed by atoms with van der Waals surface area (Å²) in [6.45, 7) is 2.51. The third kappa shape index (κ3) is 3.69. The highest BCUT2D eigenvalue weighted by Crippen LogP contribution is 2.29. The van der Waals surface area contributed by atoms with Crippen LogP contribution in [0.2, 0.25) is 0 Å². The summed E-state index contributed by atoms with van der Waals surface area (Å²) in [6.07, 6.45) is 3.09. The zero-order valence-electron chi connectivity index (χ0n) is 15.9. The van der Waals surface area contributed by atoms with Crippen molar-refractivity contribution in [3.05, 3.63) is 70.0 Å². The molecule has 0 bridgehead atoms. The predicted octanol–water partition coefficient (Wildman–Crippen LogP) is 3.70. The summed E-state index contributed by atoms with van der Waals surface area (Å²) in [5, 5.41) is 3.51. The number of amides is 1. The van der Waals surface area contributed by atoms with Crippen molar-refractivity contribution >= 4 is 28.7 Å². The molecule has 0 radical (unpaired) electrons. The molecule has 144 valence electrons. The van der Waals surface area contributed by atoms with Crippen molar-refractivity contribution in [2.45, 2.75) is 43.8 Å². The molecule has 1 aliphatic rings. The number of benzene rings is 2. The zero-order valence-corrected chi connectivity index (χ0v) is 16.7. The van der Waals surface area contributed by atoms with Crippen molar-refractivity contribution in [3.63, 3.8) is 0 Å². The van der Waals surface area contributed by atoms with Crippen molar-refractivity contribution in [1.82, 2.24) is 14.9 Å². The second-order valence-electron chi connectivity index (χ2n) is 6.95. The molecule has 4 rings (SSSR count). The van der Waals surface area contributed by atoms with E-state index >= 15 is 0 Å². The normalized spacial score (nSPS) is 16.0. The van der Waals surface area contributed by atoms with Crippen molar-refractivity contribution in [2.24, 2.45) is 0 Å². The van der Waals surface area contributed by atoms with Crippen molar-refractivity contribution in [1.29, 1.82) is 0 Å². The van der Waals surface area contributed by atoms with Crippen LogP contribution in [-0.4, -0.2) is 21.2 Å². The van der Waals surface area contributed by atoms with Gasteiger partial charge >= 0.3 is 0 Å². The van der Waals surface area contributed by atoms with Crippen LogP contribution in [0.4, 0.5) is 0 Å². The molecule has 1 aliphatic carbocycles. The second-order valence-corrected chi connectivity index (χ2v) is 7.92. The van der Waals surface area contributed by atoms with Gasteiger partial charge < -0.3 is 9.88 Å². The lowest BCUT2D eigenvalue weighted by atomic mass is 9.88. The molecular weight excluding hydrogens is 370 g/mol. The molecule has 0 saturated heterocycles. The van der Waals surface area contributed by atoms with E-state index in [1.807, 2.05) is 43.3 Å². The lowest BCUT2D eigenvalue weighted by molar-refractivity contribution is -0.119. The quantitative estimate of drug-likeness (QED) is 0.672. The summed E-state index contributed by atoms with van der Waals surface area (Å²) in [6, 6.07) is 15.9. The van der Waals surface area contributed by atoms with E-state index in [1.54, 1.807) is 4.57 Å². The molecule has 0 saturated carbocycles. The third-order valence-corrected chi connectivity index (χ3v) is 6.13. The van der Waals surface area contributed by atoms with E-state index in [2.05, 4.69) is 22.4 Å². The van der Waals surface area contributed by atoms with Gasteiger partial charge in [0.15, 0.2) is 5.03 Å². The lowest BCUT2D eigenvalue weighted by Gasteiger charge is -2.26. The SMILES string of the molecule is CCn1c(=O)c(SCC(=O)NC2CCCc3ccccc32)nc2ccccc21. The van der Waals surface area contributed by atoms with Crippen LogP contribution >= 0.6 is 11.8 Å². The zero-order chi connectivity index (χ0) is 19.5. The van der Waals surface area contributed by atoms with Crippen LogP contribution in [0.15, 0.2) is 58.4 Å². The number of nitrogens with zero attached hydrogens (tertiary/aromatic N) is 2. The molecule has 1 N–H and O–H groups in total. The van der Waals surface area contributed by atoms with Crippen molar-refractivity contribution in [3.8, 4) is 0 Å². The number of nitrogens with one attached hydrogen (secondary N) is 1. The van der Waals surface area contributed by atoms with Gasteiger partial charge in [0.1, 0.15) is 0 Å². The number of hydrogen-bond acceptors (Lipinski definition) is 4. The predicted molar refractivity (Wildman–Crippen MR) is 113 cm³/mol. The molecule has 2 aromatic carbocycles. The molecule has 1 unspecified atom stereocenters. The first kappa shape index (κ1) is 18.7. The number of thioether (sulfide) groups is 1. The first-order valence-corrected chi connectivity index (χ1v) is 10.7. The molecule has 0 spiro atoms. The van der Waals surface area contributed by atoms with Gasteiger partial charge in [0.25, 0.3) is 5.56 Å². The smallest absolute Gasteiger partial charge is 0.283 e. The van der Waals surface area contributed by atoms with E-state index < -0.39 is 0 Å². The minimum absolute atomic E-state index is 0.0508. The maximum absolute atomic E-state index is 12.7. The van der Waals surface area contributed by atoms with Gasteiger partial charge in [0.2, 0.25) is 5.91 Å². The molecule has 6 heteroatoms. The molecule has 3 aromatic rings. The standard InChI is InChI=1S/C22H23N3O2S/c1-2-25-19-13-6-5-11-18(19)24-21(22(25)27)28-14-20(26)23-17-12-7-9-15-8-3-4-10-16(15)17/h3-6,8,10-11,13,17H,2,7,9,12,14H2,1H3,(H,23,26). The summed E-state index contributed by atoms with van der Waals surface area (Å²) < 4.78 is 1.71. The fourth-order valence-corrected chi connectivity index (χ4v) is 4.60. The highest BCUT2D eigenvalue weighted by molar-refractivity contribution is 7.99. The fraction of sp³-hybridized carbons (Fsp3) is 0.318. The van der Waals surface area contributed by atoms with Crippen LogP contribution in [0, 0.1) is 0 Å². The Hall–Kier alpha value is -2.60. The summed E-state index contributed by atoms with van der Waals surface area (Å²) >= 11 is 1.21.